The zero-order chi connectivity index (χ0) is 30.0. The maximum Gasteiger partial charge on any atom is 0.263 e. The van der Waals surface area contributed by atoms with Gasteiger partial charge in [0, 0.05) is 42.4 Å². The SMILES string of the molecule is COc1cc2nccc(Oc3ccc(NC(=O)c4cc5c(n(CC(C)(C)OC)c4=O)CCCC5=O)nc3)c2cc1OC. The molecule has 0 spiro atoms. The molecule has 3 aromatic heterocycles. The van der Waals surface area contributed by atoms with Crippen molar-refractivity contribution < 1.29 is 28.5 Å². The fraction of sp³-hybridized carbons (Fsp3) is 0.323. The number of rotatable bonds is 9. The van der Waals surface area contributed by atoms with Crippen molar-refractivity contribution in [3.05, 3.63) is 76.0 Å². The second-order valence-electron chi connectivity index (χ2n) is 10.5. The molecule has 5 rings (SSSR count). The zero-order valence-electron chi connectivity index (χ0n) is 24.1. The number of pyridine rings is 3. The van der Waals surface area contributed by atoms with E-state index < -0.39 is 17.1 Å². The van der Waals surface area contributed by atoms with Gasteiger partial charge in [-0.1, -0.05) is 0 Å². The van der Waals surface area contributed by atoms with Gasteiger partial charge in [0.15, 0.2) is 17.3 Å². The van der Waals surface area contributed by atoms with Crippen LogP contribution in [0.2, 0.25) is 0 Å². The first kappa shape index (κ1) is 28.7. The molecule has 218 valence electrons. The number of nitrogens with zero attached hydrogens (tertiary/aromatic N) is 3. The Balaban J connectivity index is 1.40. The normalized spacial score (nSPS) is 13.0. The highest BCUT2D eigenvalue weighted by molar-refractivity contribution is 6.06. The summed E-state index contributed by atoms with van der Waals surface area (Å²) in [4.78, 5) is 48.2. The number of hydrogen-bond acceptors (Lipinski definition) is 9. The summed E-state index contributed by atoms with van der Waals surface area (Å²) in [5.74, 6) is 1.49. The number of methoxy groups -OCH3 is 3. The van der Waals surface area contributed by atoms with E-state index >= 15 is 0 Å². The number of carbonyl (C=O) groups excluding carboxylic acids is 2. The van der Waals surface area contributed by atoms with E-state index in [1.54, 1.807) is 57.9 Å². The van der Waals surface area contributed by atoms with Crippen LogP contribution in [0.15, 0.2) is 53.6 Å². The van der Waals surface area contributed by atoms with Gasteiger partial charge in [-0.25, -0.2) is 4.98 Å². The third kappa shape index (κ3) is 5.68. The molecule has 1 aromatic carbocycles. The lowest BCUT2D eigenvalue weighted by Gasteiger charge is -2.28. The van der Waals surface area contributed by atoms with Gasteiger partial charge in [0.05, 0.1) is 38.1 Å². The quantitative estimate of drug-likeness (QED) is 0.301. The number of anilines is 1. The molecule has 0 radical (unpaired) electrons. The molecule has 0 unspecified atom stereocenters. The van der Waals surface area contributed by atoms with Crippen LogP contribution in [-0.2, 0) is 17.7 Å². The third-order valence-corrected chi connectivity index (χ3v) is 7.27. The third-order valence-electron chi connectivity index (χ3n) is 7.27. The highest BCUT2D eigenvalue weighted by Gasteiger charge is 2.28. The van der Waals surface area contributed by atoms with Crippen LogP contribution in [0.1, 0.15) is 53.1 Å². The molecule has 3 heterocycles. The molecule has 0 bridgehead atoms. The molecule has 0 aliphatic heterocycles. The first-order valence-electron chi connectivity index (χ1n) is 13.4. The van der Waals surface area contributed by atoms with Gasteiger partial charge < -0.3 is 28.8 Å². The van der Waals surface area contributed by atoms with Crippen molar-refractivity contribution in [2.24, 2.45) is 0 Å². The molecule has 11 nitrogen and oxygen atoms in total. The minimum Gasteiger partial charge on any atom is -0.493 e. The van der Waals surface area contributed by atoms with Crippen molar-refractivity contribution in [2.45, 2.75) is 45.3 Å². The highest BCUT2D eigenvalue weighted by Crippen LogP contribution is 2.36. The lowest BCUT2D eigenvalue weighted by Crippen LogP contribution is -2.40. The first-order chi connectivity index (χ1) is 20.1. The van der Waals surface area contributed by atoms with Gasteiger partial charge in [-0.3, -0.25) is 19.4 Å². The Morgan fingerprint density at radius 1 is 0.976 bits per heavy atom. The number of nitrogens with one attached hydrogen (secondary N) is 1. The number of Topliss-reactive ketones (excluding diaryl/α,β-unsaturated/α-hetero) is 1. The Labute approximate surface area is 242 Å². The van der Waals surface area contributed by atoms with Crippen molar-refractivity contribution in [3.63, 3.8) is 0 Å². The van der Waals surface area contributed by atoms with Crippen LogP contribution in [0.25, 0.3) is 10.9 Å². The number of carbonyl (C=O) groups is 2. The van der Waals surface area contributed by atoms with Gasteiger partial charge in [0.2, 0.25) is 0 Å². The maximum atomic E-state index is 13.5. The van der Waals surface area contributed by atoms with Crippen molar-refractivity contribution >= 4 is 28.4 Å². The van der Waals surface area contributed by atoms with E-state index in [4.69, 9.17) is 18.9 Å². The van der Waals surface area contributed by atoms with Crippen LogP contribution < -0.4 is 25.1 Å². The topological polar surface area (TPSA) is 131 Å². The van der Waals surface area contributed by atoms with Gasteiger partial charge in [0.25, 0.3) is 11.5 Å². The molecule has 42 heavy (non-hydrogen) atoms. The molecule has 4 aromatic rings. The Morgan fingerprint density at radius 2 is 1.74 bits per heavy atom. The molecule has 1 aliphatic carbocycles. The second kappa shape index (κ2) is 11.6. The van der Waals surface area contributed by atoms with E-state index in [0.29, 0.717) is 64.4 Å². The highest BCUT2D eigenvalue weighted by atomic mass is 16.5. The zero-order valence-corrected chi connectivity index (χ0v) is 24.1. The second-order valence-corrected chi connectivity index (χ2v) is 10.5. The lowest BCUT2D eigenvalue weighted by molar-refractivity contribution is 0.00654. The Hall–Kier alpha value is -4.77. The van der Waals surface area contributed by atoms with Crippen molar-refractivity contribution in [1.29, 1.82) is 0 Å². The average molecular weight is 573 g/mol. The molecule has 0 atom stereocenters. The van der Waals surface area contributed by atoms with Gasteiger partial charge in [0.1, 0.15) is 22.9 Å². The van der Waals surface area contributed by atoms with Crippen LogP contribution in [0.4, 0.5) is 5.82 Å². The number of ketones is 1. The number of benzene rings is 1. The maximum absolute atomic E-state index is 13.5. The number of amides is 1. The number of aromatic nitrogens is 3. The summed E-state index contributed by atoms with van der Waals surface area (Å²) in [6, 6.07) is 9.87. The Bertz CT molecular complexity index is 1730. The predicted octanol–water partition coefficient (Wildman–Crippen LogP) is 4.80. The minimum absolute atomic E-state index is 0.0893. The van der Waals surface area contributed by atoms with Crippen molar-refractivity contribution in [2.75, 3.05) is 26.6 Å². The van der Waals surface area contributed by atoms with Crippen LogP contribution >= 0.6 is 0 Å². The summed E-state index contributed by atoms with van der Waals surface area (Å²) in [5, 5.41) is 3.38. The Kier molecular flexibility index (Phi) is 7.95. The van der Waals surface area contributed by atoms with E-state index in [-0.39, 0.29) is 23.7 Å². The van der Waals surface area contributed by atoms with Gasteiger partial charge in [-0.05, 0) is 57.0 Å². The smallest absolute Gasteiger partial charge is 0.263 e. The summed E-state index contributed by atoms with van der Waals surface area (Å²) in [6.45, 7) is 3.89. The van der Waals surface area contributed by atoms with Gasteiger partial charge >= 0.3 is 0 Å². The summed E-state index contributed by atoms with van der Waals surface area (Å²) < 4.78 is 23.9. The number of ether oxygens (including phenoxy) is 4. The fourth-order valence-corrected chi connectivity index (χ4v) is 4.90. The van der Waals surface area contributed by atoms with E-state index in [0.717, 1.165) is 0 Å². The van der Waals surface area contributed by atoms with Gasteiger partial charge in [-0.2, -0.15) is 0 Å². The molecular formula is C31H32N4O7. The summed E-state index contributed by atoms with van der Waals surface area (Å²) in [7, 11) is 4.66. The van der Waals surface area contributed by atoms with Crippen LogP contribution in [0.5, 0.6) is 23.0 Å². The largest absolute Gasteiger partial charge is 0.493 e. The van der Waals surface area contributed by atoms with Crippen LogP contribution in [0, 0.1) is 0 Å². The van der Waals surface area contributed by atoms with E-state index in [1.807, 2.05) is 13.8 Å². The number of fused-ring (bicyclic) bond motifs is 2. The first-order valence-corrected chi connectivity index (χ1v) is 13.4. The summed E-state index contributed by atoms with van der Waals surface area (Å²) in [5.41, 5.74) is 0.395. The molecule has 1 N–H and O–H groups in total. The Morgan fingerprint density at radius 3 is 2.43 bits per heavy atom. The molecule has 0 fully saturated rings. The summed E-state index contributed by atoms with van der Waals surface area (Å²) >= 11 is 0. The van der Waals surface area contributed by atoms with Crippen molar-refractivity contribution in [3.8, 4) is 23.0 Å². The molecular weight excluding hydrogens is 540 g/mol. The minimum atomic E-state index is -0.679. The standard InChI is InChI=1S/C31H32N4O7/c1-31(2,41-5)17-35-23-7-6-8-24(36)20(23)13-21(30(35)38)29(37)34-28-10-9-18(16-33-28)42-25-11-12-32-22-15-27(40-4)26(39-3)14-19(22)25/h9-16H,6-8,17H2,1-5H3,(H,33,34,37). The van der Waals surface area contributed by atoms with E-state index in [1.165, 1.54) is 16.8 Å². The van der Waals surface area contributed by atoms with Crippen LogP contribution in [0.3, 0.4) is 0 Å². The molecule has 1 aliphatic rings. The molecule has 1 amide bonds. The predicted molar refractivity (Wildman–Crippen MR) is 156 cm³/mol. The molecule has 0 saturated heterocycles. The fourth-order valence-electron chi connectivity index (χ4n) is 4.90. The lowest BCUT2D eigenvalue weighted by atomic mass is 9.92. The van der Waals surface area contributed by atoms with Gasteiger partial charge in [-0.15, -0.1) is 0 Å². The van der Waals surface area contributed by atoms with Crippen LogP contribution in [-0.4, -0.2) is 53.2 Å². The van der Waals surface area contributed by atoms with E-state index in [9.17, 15) is 14.4 Å². The summed E-state index contributed by atoms with van der Waals surface area (Å²) in [6.07, 6.45) is 4.68. The molecule has 11 heteroatoms. The number of hydrogen-bond donors (Lipinski definition) is 1. The van der Waals surface area contributed by atoms with E-state index in [2.05, 4.69) is 15.3 Å². The average Bonchev–Trinajstić information content (AvgIpc) is 2.99. The molecule has 0 saturated carbocycles. The monoisotopic (exact) mass is 572 g/mol. The van der Waals surface area contributed by atoms with Crippen molar-refractivity contribution in [1.82, 2.24) is 14.5 Å².